The Balaban J connectivity index is 2.27. The third-order valence-electron chi connectivity index (χ3n) is 4.66. The van der Waals surface area contributed by atoms with Gasteiger partial charge in [0.15, 0.2) is 0 Å². The summed E-state index contributed by atoms with van der Waals surface area (Å²) in [6.07, 6.45) is -6.77. The van der Waals surface area contributed by atoms with Crippen LogP contribution in [0.1, 0.15) is 33.3 Å². The number of alkyl halides is 4. The molecule has 4 nitrogen and oxygen atoms in total. The van der Waals surface area contributed by atoms with Crippen LogP contribution in [-0.4, -0.2) is 44.4 Å². The van der Waals surface area contributed by atoms with Crippen LogP contribution in [-0.2, 0) is 9.31 Å². The second-order valence-corrected chi connectivity index (χ2v) is 7.37. The summed E-state index contributed by atoms with van der Waals surface area (Å²) < 4.78 is 67.1. The number of rotatable bonds is 7. The van der Waals surface area contributed by atoms with Gasteiger partial charge in [0.05, 0.1) is 11.2 Å². The SMILES string of the molecule is CNCC(=Cc1cccc(OC(F)(F)C(F)F)c1)B1OC(C)(C)C(C)(C)O1. The van der Waals surface area contributed by atoms with Crippen LogP contribution in [0.3, 0.4) is 0 Å². The molecule has 0 atom stereocenters. The van der Waals surface area contributed by atoms with E-state index in [0.29, 0.717) is 12.1 Å². The van der Waals surface area contributed by atoms with E-state index >= 15 is 0 Å². The zero-order valence-corrected chi connectivity index (χ0v) is 16.0. The number of halogens is 4. The van der Waals surface area contributed by atoms with Crippen LogP contribution in [0.25, 0.3) is 6.08 Å². The van der Waals surface area contributed by atoms with E-state index in [1.165, 1.54) is 18.2 Å². The summed E-state index contributed by atoms with van der Waals surface area (Å²) in [7, 11) is 1.12. The number of hydrogen-bond acceptors (Lipinski definition) is 4. The molecule has 0 aromatic heterocycles. The summed E-state index contributed by atoms with van der Waals surface area (Å²) in [6, 6.07) is 5.55. The first-order chi connectivity index (χ1) is 12.4. The van der Waals surface area contributed by atoms with Gasteiger partial charge in [-0.15, -0.1) is 0 Å². The van der Waals surface area contributed by atoms with Crippen LogP contribution in [0.4, 0.5) is 17.6 Å². The summed E-state index contributed by atoms with van der Waals surface area (Å²) in [5, 5.41) is 3.01. The van der Waals surface area contributed by atoms with Crippen molar-refractivity contribution >= 4 is 13.2 Å². The van der Waals surface area contributed by atoms with Gasteiger partial charge in [-0.1, -0.05) is 18.2 Å². The van der Waals surface area contributed by atoms with E-state index in [4.69, 9.17) is 9.31 Å². The normalized spacial score (nSPS) is 19.6. The van der Waals surface area contributed by atoms with Crippen LogP contribution in [0.5, 0.6) is 5.75 Å². The van der Waals surface area contributed by atoms with Crippen molar-refractivity contribution < 1.29 is 31.6 Å². The van der Waals surface area contributed by atoms with E-state index in [9.17, 15) is 17.6 Å². The molecule has 0 unspecified atom stereocenters. The van der Waals surface area contributed by atoms with Gasteiger partial charge in [-0.2, -0.15) is 17.6 Å². The molecule has 27 heavy (non-hydrogen) atoms. The van der Waals surface area contributed by atoms with Gasteiger partial charge >= 0.3 is 19.7 Å². The first-order valence-corrected chi connectivity index (χ1v) is 8.54. The van der Waals surface area contributed by atoms with Gasteiger partial charge in [0, 0.05) is 6.54 Å². The highest BCUT2D eigenvalue weighted by Crippen LogP contribution is 2.39. The highest BCUT2D eigenvalue weighted by Gasteiger charge is 2.52. The molecule has 1 aliphatic rings. The Bertz CT molecular complexity index is 679. The molecular weight excluding hydrogens is 365 g/mol. The van der Waals surface area contributed by atoms with E-state index in [2.05, 4.69) is 10.1 Å². The Morgan fingerprint density at radius 1 is 1.22 bits per heavy atom. The molecule has 0 radical (unpaired) electrons. The molecule has 2 rings (SSSR count). The maximum absolute atomic E-state index is 13.1. The summed E-state index contributed by atoms with van der Waals surface area (Å²) in [5.41, 5.74) is 0.162. The summed E-state index contributed by atoms with van der Waals surface area (Å²) in [5.74, 6) is -0.355. The van der Waals surface area contributed by atoms with Crippen molar-refractivity contribution in [2.45, 2.75) is 51.4 Å². The minimum Gasteiger partial charge on any atom is -0.428 e. The number of hydrogen-bond donors (Lipinski definition) is 1. The van der Waals surface area contributed by atoms with Gasteiger partial charge in [0.2, 0.25) is 0 Å². The Hall–Kier alpha value is -1.58. The summed E-state index contributed by atoms with van der Waals surface area (Å²) >= 11 is 0. The number of benzene rings is 1. The largest absolute Gasteiger partial charge is 0.491 e. The van der Waals surface area contributed by atoms with Crippen molar-refractivity contribution in [3.8, 4) is 5.75 Å². The third-order valence-corrected chi connectivity index (χ3v) is 4.66. The molecule has 1 fully saturated rings. The molecule has 1 N–H and O–H groups in total. The number of nitrogens with one attached hydrogen (secondary N) is 1. The number of likely N-dealkylation sites (N-methyl/N-ethyl adjacent to an activating group) is 1. The van der Waals surface area contributed by atoms with Crippen LogP contribution in [0, 0.1) is 0 Å². The lowest BCUT2D eigenvalue weighted by Gasteiger charge is -2.32. The van der Waals surface area contributed by atoms with Gasteiger partial charge in [-0.3, -0.25) is 0 Å². The molecule has 1 saturated heterocycles. The van der Waals surface area contributed by atoms with E-state index in [0.717, 1.165) is 5.47 Å². The van der Waals surface area contributed by atoms with Crippen molar-refractivity contribution in [2.24, 2.45) is 0 Å². The van der Waals surface area contributed by atoms with Crippen molar-refractivity contribution in [1.82, 2.24) is 5.32 Å². The van der Waals surface area contributed by atoms with E-state index in [1.807, 2.05) is 27.7 Å². The highest BCUT2D eigenvalue weighted by atomic mass is 19.3. The van der Waals surface area contributed by atoms with Gasteiger partial charge < -0.3 is 19.4 Å². The lowest BCUT2D eigenvalue weighted by atomic mass is 9.77. The predicted molar refractivity (Wildman–Crippen MR) is 96.0 cm³/mol. The second-order valence-electron chi connectivity index (χ2n) is 7.37. The van der Waals surface area contributed by atoms with Crippen LogP contribution >= 0.6 is 0 Å². The van der Waals surface area contributed by atoms with Crippen molar-refractivity contribution in [3.63, 3.8) is 0 Å². The first-order valence-electron chi connectivity index (χ1n) is 8.54. The van der Waals surface area contributed by atoms with Gasteiger partial charge in [0.25, 0.3) is 0 Å². The number of ether oxygens (including phenoxy) is 1. The molecule has 9 heteroatoms. The quantitative estimate of drug-likeness (QED) is 0.562. The summed E-state index contributed by atoms with van der Waals surface area (Å²) in [4.78, 5) is 0. The Labute approximate surface area is 157 Å². The zero-order valence-electron chi connectivity index (χ0n) is 16.0. The average Bonchev–Trinajstić information content (AvgIpc) is 2.75. The van der Waals surface area contributed by atoms with Gasteiger partial charge in [-0.05, 0) is 57.9 Å². The monoisotopic (exact) mass is 389 g/mol. The second kappa shape index (κ2) is 7.81. The molecule has 1 aliphatic heterocycles. The molecule has 0 bridgehead atoms. The van der Waals surface area contributed by atoms with Crippen molar-refractivity contribution in [2.75, 3.05) is 13.6 Å². The van der Waals surface area contributed by atoms with Crippen LogP contribution < -0.4 is 10.1 Å². The molecule has 0 amide bonds. The van der Waals surface area contributed by atoms with E-state index < -0.39 is 30.9 Å². The van der Waals surface area contributed by atoms with Gasteiger partial charge in [-0.25, -0.2) is 0 Å². The molecular formula is C18H24BF4NO3. The standard InChI is InChI=1S/C18H24BF4NO3/c1-16(2)17(3,4)27-19(26-16)13(11-24-5)9-12-7-6-8-14(10-12)25-18(22,23)15(20)21/h6-10,15,24H,11H2,1-5H3. The predicted octanol–water partition coefficient (Wildman–Crippen LogP) is 4.16. The molecule has 1 heterocycles. The Kier molecular flexibility index (Phi) is 6.28. The maximum atomic E-state index is 13.1. The molecule has 1 aromatic carbocycles. The fourth-order valence-electron chi connectivity index (χ4n) is 2.48. The highest BCUT2D eigenvalue weighted by molar-refractivity contribution is 6.55. The molecule has 0 saturated carbocycles. The minimum absolute atomic E-state index is 0.355. The molecule has 0 aliphatic carbocycles. The van der Waals surface area contributed by atoms with E-state index in [1.54, 1.807) is 19.2 Å². The Morgan fingerprint density at radius 3 is 2.33 bits per heavy atom. The molecule has 1 aromatic rings. The fourth-order valence-corrected chi connectivity index (χ4v) is 2.48. The molecule has 0 spiro atoms. The van der Waals surface area contributed by atoms with Gasteiger partial charge in [0.1, 0.15) is 5.75 Å². The average molecular weight is 389 g/mol. The van der Waals surface area contributed by atoms with Crippen LogP contribution in [0.2, 0.25) is 0 Å². The lowest BCUT2D eigenvalue weighted by molar-refractivity contribution is -0.253. The topological polar surface area (TPSA) is 39.7 Å². The zero-order chi connectivity index (χ0) is 20.5. The minimum atomic E-state index is -4.55. The van der Waals surface area contributed by atoms with Crippen molar-refractivity contribution in [3.05, 3.63) is 35.3 Å². The maximum Gasteiger partial charge on any atom is 0.491 e. The fraction of sp³-hybridized carbons (Fsp3) is 0.556. The smallest absolute Gasteiger partial charge is 0.428 e. The van der Waals surface area contributed by atoms with Crippen LogP contribution in [0.15, 0.2) is 29.7 Å². The lowest BCUT2D eigenvalue weighted by Crippen LogP contribution is -2.41. The van der Waals surface area contributed by atoms with Crippen molar-refractivity contribution in [1.29, 1.82) is 0 Å². The first kappa shape index (κ1) is 21.7. The van der Waals surface area contributed by atoms with E-state index in [-0.39, 0.29) is 5.75 Å². The third kappa shape index (κ3) is 5.03. The summed E-state index contributed by atoms with van der Waals surface area (Å²) in [6.45, 7) is 8.11. The molecule has 150 valence electrons. The Morgan fingerprint density at radius 2 is 1.81 bits per heavy atom.